The predicted molar refractivity (Wildman–Crippen MR) is 88.5 cm³/mol. The van der Waals surface area contributed by atoms with Crippen molar-refractivity contribution in [3.63, 3.8) is 0 Å². The van der Waals surface area contributed by atoms with Gasteiger partial charge in [0.15, 0.2) is 5.78 Å². The number of Topliss-reactive ketones (excluding diaryl/α,β-unsaturated/α-hetero) is 1. The quantitative estimate of drug-likeness (QED) is 0.813. The van der Waals surface area contributed by atoms with Gasteiger partial charge in [-0.2, -0.15) is 5.10 Å². The van der Waals surface area contributed by atoms with Crippen LogP contribution in [-0.4, -0.2) is 22.2 Å². The van der Waals surface area contributed by atoms with Crippen molar-refractivity contribution < 1.29 is 9.53 Å². The zero-order valence-corrected chi connectivity index (χ0v) is 13.3. The van der Waals surface area contributed by atoms with E-state index >= 15 is 0 Å². The summed E-state index contributed by atoms with van der Waals surface area (Å²) in [4.78, 5) is 12.7. The summed E-state index contributed by atoms with van der Waals surface area (Å²) < 4.78 is 7.74. The van der Waals surface area contributed by atoms with Crippen molar-refractivity contribution in [1.29, 1.82) is 0 Å². The van der Waals surface area contributed by atoms with Crippen LogP contribution in [0.5, 0.6) is 5.75 Å². The third-order valence-corrected chi connectivity index (χ3v) is 4.65. The number of hydrogen-bond acceptors (Lipinski definition) is 3. The second-order valence-corrected chi connectivity index (χ2v) is 6.42. The van der Waals surface area contributed by atoms with Gasteiger partial charge in [0.25, 0.3) is 0 Å². The van der Waals surface area contributed by atoms with Gasteiger partial charge >= 0.3 is 0 Å². The van der Waals surface area contributed by atoms with Crippen molar-refractivity contribution >= 4 is 11.9 Å². The van der Waals surface area contributed by atoms with Crippen LogP contribution in [0.1, 0.15) is 40.9 Å². The van der Waals surface area contributed by atoms with Crippen LogP contribution in [0.4, 0.5) is 0 Å². The lowest BCUT2D eigenvalue weighted by molar-refractivity contribution is 0.102. The van der Waals surface area contributed by atoms with Crippen LogP contribution >= 0.6 is 0 Å². The first-order valence-corrected chi connectivity index (χ1v) is 8.20. The number of ether oxygens (including phenoxy) is 1. The average molecular weight is 308 g/mol. The fourth-order valence-electron chi connectivity index (χ4n) is 3.04. The van der Waals surface area contributed by atoms with Crippen LogP contribution < -0.4 is 4.74 Å². The van der Waals surface area contributed by atoms with Crippen LogP contribution in [0.25, 0.3) is 6.08 Å². The third-order valence-electron chi connectivity index (χ3n) is 4.65. The van der Waals surface area contributed by atoms with E-state index in [4.69, 9.17) is 4.74 Å². The van der Waals surface area contributed by atoms with Gasteiger partial charge in [-0.15, -0.1) is 0 Å². The number of nitrogens with zero attached hydrogens (tertiary/aromatic N) is 2. The Morgan fingerprint density at radius 1 is 1.30 bits per heavy atom. The molecule has 4 heteroatoms. The highest BCUT2D eigenvalue weighted by molar-refractivity contribution is 6.13. The highest BCUT2D eigenvalue weighted by Gasteiger charge is 2.25. The lowest BCUT2D eigenvalue weighted by atomic mass is 9.90. The molecule has 0 saturated heterocycles. The van der Waals surface area contributed by atoms with Crippen LogP contribution in [0.3, 0.4) is 0 Å². The van der Waals surface area contributed by atoms with Gasteiger partial charge < -0.3 is 4.74 Å². The number of carbonyl (C=O) groups excluding carboxylic acids is 1. The van der Waals surface area contributed by atoms with Crippen molar-refractivity contribution in [3.8, 4) is 5.75 Å². The Morgan fingerprint density at radius 2 is 2.13 bits per heavy atom. The normalized spacial score (nSPS) is 19.0. The first kappa shape index (κ1) is 14.2. The van der Waals surface area contributed by atoms with E-state index in [9.17, 15) is 4.79 Å². The predicted octanol–water partition coefficient (Wildman–Crippen LogP) is 3.42. The molecule has 0 bridgehead atoms. The summed E-state index contributed by atoms with van der Waals surface area (Å²) in [7, 11) is 1.89. The van der Waals surface area contributed by atoms with E-state index in [2.05, 4.69) is 5.10 Å². The molecule has 0 aliphatic heterocycles. The van der Waals surface area contributed by atoms with Crippen LogP contribution in [0.15, 0.2) is 36.0 Å². The molecule has 23 heavy (non-hydrogen) atoms. The summed E-state index contributed by atoms with van der Waals surface area (Å²) in [5.74, 6) is 1.68. The summed E-state index contributed by atoms with van der Waals surface area (Å²) in [5, 5.41) is 4.21. The molecule has 0 amide bonds. The molecule has 2 aromatic rings. The molecule has 1 saturated carbocycles. The van der Waals surface area contributed by atoms with Crippen molar-refractivity contribution in [2.45, 2.75) is 25.7 Å². The van der Waals surface area contributed by atoms with E-state index in [1.165, 1.54) is 12.8 Å². The highest BCUT2D eigenvalue weighted by Crippen LogP contribution is 2.32. The number of aryl methyl sites for hydroxylation is 1. The molecule has 0 N–H and O–H groups in total. The minimum atomic E-state index is 0.0938. The maximum absolute atomic E-state index is 12.7. The smallest absolute Gasteiger partial charge is 0.192 e. The van der Waals surface area contributed by atoms with Gasteiger partial charge in [-0.1, -0.05) is 18.2 Å². The Labute approximate surface area is 135 Å². The summed E-state index contributed by atoms with van der Waals surface area (Å²) in [5.41, 5.74) is 3.60. The molecule has 2 aliphatic rings. The highest BCUT2D eigenvalue weighted by atomic mass is 16.5. The van der Waals surface area contributed by atoms with E-state index in [1.807, 2.05) is 37.4 Å². The third kappa shape index (κ3) is 2.81. The Balaban J connectivity index is 1.61. The van der Waals surface area contributed by atoms with E-state index in [0.29, 0.717) is 5.92 Å². The van der Waals surface area contributed by atoms with E-state index < -0.39 is 0 Å². The molecule has 0 unspecified atom stereocenters. The van der Waals surface area contributed by atoms with Gasteiger partial charge in [0.2, 0.25) is 0 Å². The zero-order valence-electron chi connectivity index (χ0n) is 13.3. The second-order valence-electron chi connectivity index (χ2n) is 6.42. The van der Waals surface area contributed by atoms with E-state index in [-0.39, 0.29) is 5.78 Å². The van der Waals surface area contributed by atoms with Crippen molar-refractivity contribution in [1.82, 2.24) is 9.78 Å². The maximum Gasteiger partial charge on any atom is 0.192 e. The fourth-order valence-corrected chi connectivity index (χ4v) is 3.04. The minimum absolute atomic E-state index is 0.0938. The number of carbonyl (C=O) groups is 1. The number of hydrogen-bond donors (Lipinski definition) is 0. The van der Waals surface area contributed by atoms with Crippen LogP contribution in [0, 0.1) is 5.92 Å². The Hall–Kier alpha value is -2.36. The lowest BCUT2D eigenvalue weighted by Crippen LogP contribution is -2.15. The monoisotopic (exact) mass is 308 g/mol. The lowest BCUT2D eigenvalue weighted by Gasteiger charge is -2.15. The van der Waals surface area contributed by atoms with Gasteiger partial charge in [-0.25, -0.2) is 0 Å². The Kier molecular flexibility index (Phi) is 3.52. The summed E-state index contributed by atoms with van der Waals surface area (Å²) in [6.45, 7) is 0.779. The number of benzene rings is 1. The molecule has 0 atom stereocenters. The SMILES string of the molecule is Cn1ncc2c1CCC(=Cc1ccccc1OCC1CC1)C2=O. The Bertz CT molecular complexity index is 784. The second kappa shape index (κ2) is 5.69. The van der Waals surface area contributed by atoms with Crippen LogP contribution in [0.2, 0.25) is 0 Å². The molecule has 1 fully saturated rings. The van der Waals surface area contributed by atoms with E-state index in [1.54, 1.807) is 10.9 Å². The number of allylic oxidation sites excluding steroid dienone is 1. The maximum atomic E-state index is 12.7. The first-order chi connectivity index (χ1) is 11.2. The minimum Gasteiger partial charge on any atom is -0.493 e. The number of aromatic nitrogens is 2. The van der Waals surface area contributed by atoms with Crippen molar-refractivity contribution in [2.75, 3.05) is 6.61 Å². The van der Waals surface area contributed by atoms with Gasteiger partial charge in [0.05, 0.1) is 18.4 Å². The van der Waals surface area contributed by atoms with Gasteiger partial charge in [-0.3, -0.25) is 9.48 Å². The molecule has 2 aliphatic carbocycles. The number of rotatable bonds is 4. The van der Waals surface area contributed by atoms with Crippen molar-refractivity contribution in [3.05, 3.63) is 52.9 Å². The van der Waals surface area contributed by atoms with Gasteiger partial charge in [0.1, 0.15) is 5.75 Å². The summed E-state index contributed by atoms with van der Waals surface area (Å²) in [6, 6.07) is 7.96. The first-order valence-electron chi connectivity index (χ1n) is 8.20. The molecular weight excluding hydrogens is 288 g/mol. The van der Waals surface area contributed by atoms with E-state index in [0.717, 1.165) is 47.6 Å². The van der Waals surface area contributed by atoms with Crippen LogP contribution in [-0.2, 0) is 13.5 Å². The summed E-state index contributed by atoms with van der Waals surface area (Å²) >= 11 is 0. The molecular formula is C19H20N2O2. The fraction of sp³-hybridized carbons (Fsp3) is 0.368. The number of fused-ring (bicyclic) bond motifs is 1. The average Bonchev–Trinajstić information content (AvgIpc) is 3.32. The van der Waals surface area contributed by atoms with Crippen molar-refractivity contribution in [2.24, 2.45) is 13.0 Å². The topological polar surface area (TPSA) is 44.1 Å². The molecule has 118 valence electrons. The molecule has 1 aromatic carbocycles. The number of ketones is 1. The molecule has 0 radical (unpaired) electrons. The van der Waals surface area contributed by atoms with Gasteiger partial charge in [-0.05, 0) is 43.7 Å². The zero-order chi connectivity index (χ0) is 15.8. The Morgan fingerprint density at radius 3 is 2.96 bits per heavy atom. The molecule has 4 rings (SSSR count). The molecule has 1 aromatic heterocycles. The molecule has 0 spiro atoms. The summed E-state index contributed by atoms with van der Waals surface area (Å²) in [6.07, 6.45) is 7.81. The van der Waals surface area contributed by atoms with Gasteiger partial charge in [0, 0.05) is 23.9 Å². The molecule has 1 heterocycles. The largest absolute Gasteiger partial charge is 0.493 e. The standard InChI is InChI=1S/C19H20N2O2/c1-21-17-9-8-15(19(22)16(17)11-20-21)10-14-4-2-3-5-18(14)23-12-13-6-7-13/h2-5,10-11,13H,6-9,12H2,1H3. The number of para-hydroxylation sites is 1. The molecule has 4 nitrogen and oxygen atoms in total.